The first-order valence-corrected chi connectivity index (χ1v) is 8.67. The van der Waals surface area contributed by atoms with Crippen molar-refractivity contribution in [3.63, 3.8) is 0 Å². The fourth-order valence-electron chi connectivity index (χ4n) is 3.16. The van der Waals surface area contributed by atoms with Crippen LogP contribution in [0.25, 0.3) is 10.9 Å². The van der Waals surface area contributed by atoms with Crippen LogP contribution in [0.15, 0.2) is 24.4 Å². The van der Waals surface area contributed by atoms with Gasteiger partial charge in [0.25, 0.3) is 12.3 Å². The monoisotopic (exact) mass is 403 g/mol. The van der Waals surface area contributed by atoms with E-state index in [-0.39, 0.29) is 29.1 Å². The number of ether oxygens (including phenoxy) is 1. The second-order valence-corrected chi connectivity index (χ2v) is 6.52. The predicted molar refractivity (Wildman–Crippen MR) is 91.3 cm³/mol. The Morgan fingerprint density at radius 1 is 1.21 bits per heavy atom. The molecule has 1 N–H and O–H groups in total. The highest BCUT2D eigenvalue weighted by Gasteiger charge is 2.23. The van der Waals surface area contributed by atoms with E-state index in [2.05, 4.69) is 15.0 Å². The molecule has 5 nitrogen and oxygen atoms in total. The van der Waals surface area contributed by atoms with Crippen molar-refractivity contribution >= 4 is 16.8 Å². The smallest absolute Gasteiger partial charge is 0.387 e. The quantitative estimate of drug-likeness (QED) is 0.751. The van der Waals surface area contributed by atoms with Gasteiger partial charge in [-0.25, -0.2) is 13.2 Å². The SMILES string of the molecule is O=C(NC1CCN(CC(F)F)CC1)c1cnc2cc(OC(F)F)c(F)cc2c1. The molecule has 0 aliphatic carbocycles. The van der Waals surface area contributed by atoms with E-state index >= 15 is 0 Å². The molecule has 1 amide bonds. The van der Waals surface area contributed by atoms with Crippen molar-refractivity contribution in [2.24, 2.45) is 0 Å². The van der Waals surface area contributed by atoms with Gasteiger partial charge in [-0.15, -0.1) is 0 Å². The molecule has 1 fully saturated rings. The lowest BCUT2D eigenvalue weighted by molar-refractivity contribution is -0.0520. The summed E-state index contributed by atoms with van der Waals surface area (Å²) in [5.41, 5.74) is 0.387. The highest BCUT2D eigenvalue weighted by Crippen LogP contribution is 2.25. The number of benzene rings is 1. The van der Waals surface area contributed by atoms with Gasteiger partial charge < -0.3 is 10.1 Å². The molecule has 2 heterocycles. The summed E-state index contributed by atoms with van der Waals surface area (Å²) in [6, 6.07) is 3.26. The number of likely N-dealkylation sites (tertiary alicyclic amines) is 1. The second-order valence-electron chi connectivity index (χ2n) is 6.52. The molecule has 28 heavy (non-hydrogen) atoms. The molecule has 152 valence electrons. The summed E-state index contributed by atoms with van der Waals surface area (Å²) in [6.07, 6.45) is -0.0415. The number of fused-ring (bicyclic) bond motifs is 1. The van der Waals surface area contributed by atoms with Crippen LogP contribution in [0.4, 0.5) is 22.0 Å². The Morgan fingerprint density at radius 3 is 2.57 bits per heavy atom. The van der Waals surface area contributed by atoms with E-state index in [1.807, 2.05) is 0 Å². The Morgan fingerprint density at radius 2 is 1.93 bits per heavy atom. The molecule has 0 atom stereocenters. The maximum atomic E-state index is 13.9. The molecule has 1 aromatic carbocycles. The summed E-state index contributed by atoms with van der Waals surface area (Å²) < 4.78 is 67.3. The van der Waals surface area contributed by atoms with E-state index in [4.69, 9.17) is 0 Å². The van der Waals surface area contributed by atoms with Crippen molar-refractivity contribution in [1.82, 2.24) is 15.2 Å². The number of amides is 1. The van der Waals surface area contributed by atoms with Gasteiger partial charge in [0.05, 0.1) is 17.6 Å². The minimum atomic E-state index is -3.16. The normalized spacial score (nSPS) is 16.1. The number of carbonyl (C=O) groups excluding carboxylic acids is 1. The number of piperidine rings is 1. The maximum Gasteiger partial charge on any atom is 0.387 e. The molecule has 0 spiro atoms. The van der Waals surface area contributed by atoms with Crippen LogP contribution < -0.4 is 10.1 Å². The molecule has 0 radical (unpaired) electrons. The lowest BCUT2D eigenvalue weighted by Crippen LogP contribution is -2.45. The van der Waals surface area contributed by atoms with Gasteiger partial charge in [-0.1, -0.05) is 0 Å². The van der Waals surface area contributed by atoms with E-state index in [0.29, 0.717) is 25.9 Å². The first-order chi connectivity index (χ1) is 13.3. The molecule has 0 bridgehead atoms. The van der Waals surface area contributed by atoms with Crippen molar-refractivity contribution in [3.8, 4) is 5.75 Å². The number of rotatable bonds is 6. The van der Waals surface area contributed by atoms with Crippen LogP contribution in [-0.4, -0.2) is 54.5 Å². The molecule has 1 aromatic heterocycles. The Hall–Kier alpha value is -2.49. The van der Waals surface area contributed by atoms with Crippen LogP contribution >= 0.6 is 0 Å². The molecule has 2 aromatic rings. The number of aromatic nitrogens is 1. The number of alkyl halides is 4. The maximum absolute atomic E-state index is 13.9. The number of hydrogen-bond acceptors (Lipinski definition) is 4. The second kappa shape index (κ2) is 8.68. The van der Waals surface area contributed by atoms with E-state index in [1.54, 1.807) is 4.90 Å². The van der Waals surface area contributed by atoms with Crippen LogP contribution in [0.3, 0.4) is 0 Å². The first kappa shape index (κ1) is 20.2. The van der Waals surface area contributed by atoms with Gasteiger partial charge in [-0.3, -0.25) is 14.7 Å². The summed E-state index contributed by atoms with van der Waals surface area (Å²) >= 11 is 0. The number of nitrogens with zero attached hydrogens (tertiary/aromatic N) is 2. The number of pyridine rings is 1. The highest BCUT2D eigenvalue weighted by atomic mass is 19.3. The van der Waals surface area contributed by atoms with Crippen LogP contribution in [0, 0.1) is 5.82 Å². The van der Waals surface area contributed by atoms with Crippen LogP contribution in [0.5, 0.6) is 5.75 Å². The van der Waals surface area contributed by atoms with E-state index in [9.17, 15) is 26.7 Å². The van der Waals surface area contributed by atoms with Crippen molar-refractivity contribution in [2.45, 2.75) is 31.9 Å². The van der Waals surface area contributed by atoms with Gasteiger partial charge >= 0.3 is 6.61 Å². The zero-order valence-electron chi connectivity index (χ0n) is 14.7. The average Bonchev–Trinajstić information content (AvgIpc) is 2.62. The zero-order chi connectivity index (χ0) is 20.3. The van der Waals surface area contributed by atoms with Gasteiger partial charge in [0.1, 0.15) is 0 Å². The Labute approximate surface area is 157 Å². The highest BCUT2D eigenvalue weighted by molar-refractivity contribution is 5.97. The predicted octanol–water partition coefficient (Wildman–Crippen LogP) is 3.43. The van der Waals surface area contributed by atoms with E-state index < -0.39 is 30.5 Å². The van der Waals surface area contributed by atoms with Crippen molar-refractivity contribution in [3.05, 3.63) is 35.8 Å². The molecule has 1 aliphatic rings. The summed E-state index contributed by atoms with van der Waals surface area (Å²) in [6.45, 7) is -2.52. The fourth-order valence-corrected chi connectivity index (χ4v) is 3.16. The fraction of sp³-hybridized carbons (Fsp3) is 0.444. The molecule has 1 saturated heterocycles. The van der Waals surface area contributed by atoms with Gasteiger partial charge in [-0.2, -0.15) is 8.78 Å². The van der Waals surface area contributed by atoms with Crippen molar-refractivity contribution in [1.29, 1.82) is 0 Å². The van der Waals surface area contributed by atoms with E-state index in [0.717, 1.165) is 12.1 Å². The summed E-state index contributed by atoms with van der Waals surface area (Å²) in [5.74, 6) is -2.03. The minimum absolute atomic E-state index is 0.157. The van der Waals surface area contributed by atoms with Crippen molar-refractivity contribution in [2.75, 3.05) is 19.6 Å². The van der Waals surface area contributed by atoms with Crippen LogP contribution in [0.2, 0.25) is 0 Å². The molecule has 3 rings (SSSR count). The molecule has 0 saturated carbocycles. The van der Waals surface area contributed by atoms with Crippen molar-refractivity contribution < 1.29 is 31.5 Å². The molecular formula is C18H18F5N3O2. The number of nitrogens with one attached hydrogen (secondary N) is 1. The first-order valence-electron chi connectivity index (χ1n) is 8.67. The summed E-state index contributed by atoms with van der Waals surface area (Å²) in [7, 11) is 0. The molecule has 10 heteroatoms. The minimum Gasteiger partial charge on any atom is -0.432 e. The van der Waals surface area contributed by atoms with Crippen LogP contribution in [-0.2, 0) is 0 Å². The largest absolute Gasteiger partial charge is 0.432 e. The number of hydrogen-bond donors (Lipinski definition) is 1. The number of halogens is 5. The van der Waals surface area contributed by atoms with Crippen LogP contribution in [0.1, 0.15) is 23.2 Å². The third kappa shape index (κ3) is 5.06. The summed E-state index contributed by atoms with van der Waals surface area (Å²) in [5, 5.41) is 3.08. The lowest BCUT2D eigenvalue weighted by atomic mass is 10.0. The zero-order valence-corrected chi connectivity index (χ0v) is 14.7. The molecule has 0 unspecified atom stereocenters. The van der Waals surface area contributed by atoms with Gasteiger partial charge in [-0.05, 0) is 25.0 Å². The summed E-state index contributed by atoms with van der Waals surface area (Å²) in [4.78, 5) is 18.1. The van der Waals surface area contributed by atoms with E-state index in [1.165, 1.54) is 12.3 Å². The topological polar surface area (TPSA) is 54.5 Å². The number of carbonyl (C=O) groups is 1. The Balaban J connectivity index is 1.66. The Bertz CT molecular complexity index is 841. The van der Waals surface area contributed by atoms with Gasteiger partial charge in [0.15, 0.2) is 11.6 Å². The third-order valence-electron chi connectivity index (χ3n) is 4.53. The molecular weight excluding hydrogens is 385 g/mol. The Kier molecular flexibility index (Phi) is 6.28. The standard InChI is InChI=1S/C18H18F5N3O2/c19-13-6-10-5-11(8-24-14(10)7-15(13)28-18(22)23)17(27)25-12-1-3-26(4-2-12)9-16(20)21/h5-8,12,16,18H,1-4,9H2,(H,25,27). The average molecular weight is 403 g/mol. The van der Waals surface area contributed by atoms with Gasteiger partial charge in [0.2, 0.25) is 0 Å². The van der Waals surface area contributed by atoms with Gasteiger partial charge in [0, 0.05) is 36.8 Å². The molecule has 1 aliphatic heterocycles. The third-order valence-corrected chi connectivity index (χ3v) is 4.53. The lowest BCUT2D eigenvalue weighted by Gasteiger charge is -2.32.